The molecule has 0 saturated carbocycles. The zero-order valence-electron chi connectivity index (χ0n) is 7.84. The van der Waals surface area contributed by atoms with E-state index in [2.05, 4.69) is 5.32 Å². The molecule has 0 aromatic heterocycles. The van der Waals surface area contributed by atoms with Crippen LogP contribution in [0.15, 0.2) is 29.2 Å². The normalized spacial score (nSPS) is 17.5. The number of benzene rings is 1. The Balaban J connectivity index is 2.03. The van der Waals surface area contributed by atoms with Crippen LogP contribution >= 0.6 is 11.8 Å². The molecule has 0 spiro atoms. The number of rotatable bonds is 2. The maximum absolute atomic E-state index is 12.2. The van der Waals surface area contributed by atoms with Crippen molar-refractivity contribution in [3.8, 4) is 0 Å². The van der Waals surface area contributed by atoms with Crippen molar-refractivity contribution in [3.63, 3.8) is 0 Å². The maximum Gasteiger partial charge on any atom is 0.416 e. The first kappa shape index (κ1) is 10.8. The smallest absolute Gasteiger partial charge is 0.314 e. The van der Waals surface area contributed by atoms with Crippen LogP contribution in [0.25, 0.3) is 0 Å². The van der Waals surface area contributed by atoms with Crippen LogP contribution in [-0.2, 0) is 6.18 Å². The molecule has 0 aliphatic carbocycles. The molecule has 0 bridgehead atoms. The van der Waals surface area contributed by atoms with Gasteiger partial charge in [-0.3, -0.25) is 0 Å². The molecule has 1 aliphatic rings. The first-order chi connectivity index (χ1) is 7.05. The monoisotopic (exact) mass is 233 g/mol. The van der Waals surface area contributed by atoms with Gasteiger partial charge in [0.2, 0.25) is 0 Å². The lowest BCUT2D eigenvalue weighted by Gasteiger charge is -2.26. The average molecular weight is 233 g/mol. The Hall–Kier alpha value is -0.680. The standard InChI is InChI=1S/C10H10F3NS/c11-10(12,13)7-1-3-8(4-2-7)15-9-5-14-6-9/h1-4,9,14H,5-6H2. The van der Waals surface area contributed by atoms with Crippen LogP contribution in [0.3, 0.4) is 0 Å². The molecule has 1 heterocycles. The van der Waals surface area contributed by atoms with Crippen molar-refractivity contribution in [1.82, 2.24) is 5.32 Å². The van der Waals surface area contributed by atoms with E-state index in [0.29, 0.717) is 5.25 Å². The minimum absolute atomic E-state index is 0.502. The molecular weight excluding hydrogens is 223 g/mol. The highest BCUT2D eigenvalue weighted by atomic mass is 32.2. The molecule has 0 amide bonds. The topological polar surface area (TPSA) is 12.0 Å². The van der Waals surface area contributed by atoms with E-state index in [1.54, 1.807) is 11.8 Å². The molecule has 15 heavy (non-hydrogen) atoms. The highest BCUT2D eigenvalue weighted by Crippen LogP contribution is 2.32. The lowest BCUT2D eigenvalue weighted by molar-refractivity contribution is -0.137. The van der Waals surface area contributed by atoms with Crippen molar-refractivity contribution in [2.45, 2.75) is 16.3 Å². The maximum atomic E-state index is 12.2. The Morgan fingerprint density at radius 3 is 2.13 bits per heavy atom. The van der Waals surface area contributed by atoms with E-state index in [0.717, 1.165) is 30.1 Å². The summed E-state index contributed by atoms with van der Waals surface area (Å²) in [5, 5.41) is 3.62. The van der Waals surface area contributed by atoms with Gasteiger partial charge in [0.25, 0.3) is 0 Å². The highest BCUT2D eigenvalue weighted by Gasteiger charge is 2.30. The van der Waals surface area contributed by atoms with Gasteiger partial charge in [-0.1, -0.05) is 0 Å². The molecule has 1 nitrogen and oxygen atoms in total. The van der Waals surface area contributed by atoms with Gasteiger partial charge in [-0.2, -0.15) is 13.2 Å². The number of hydrogen-bond acceptors (Lipinski definition) is 2. The Bertz CT molecular complexity index is 330. The van der Waals surface area contributed by atoms with Gasteiger partial charge in [-0.15, -0.1) is 11.8 Å². The summed E-state index contributed by atoms with van der Waals surface area (Å²) in [6.07, 6.45) is -4.23. The van der Waals surface area contributed by atoms with Gasteiger partial charge in [0.15, 0.2) is 0 Å². The van der Waals surface area contributed by atoms with Gasteiger partial charge in [-0.05, 0) is 24.3 Å². The summed E-state index contributed by atoms with van der Waals surface area (Å²) in [7, 11) is 0. The van der Waals surface area contributed by atoms with Gasteiger partial charge in [0.1, 0.15) is 0 Å². The SMILES string of the molecule is FC(F)(F)c1ccc(SC2CNC2)cc1. The molecule has 5 heteroatoms. The van der Waals surface area contributed by atoms with Crippen molar-refractivity contribution in [2.24, 2.45) is 0 Å². The minimum Gasteiger partial charge on any atom is -0.314 e. The van der Waals surface area contributed by atoms with Crippen LogP contribution in [-0.4, -0.2) is 18.3 Å². The average Bonchev–Trinajstić information content (AvgIpc) is 2.11. The Kier molecular flexibility index (Phi) is 2.93. The second kappa shape index (κ2) is 4.06. The van der Waals surface area contributed by atoms with E-state index < -0.39 is 11.7 Å². The number of halogens is 3. The molecule has 1 fully saturated rings. The van der Waals surface area contributed by atoms with Crippen LogP contribution < -0.4 is 5.32 Å². The van der Waals surface area contributed by atoms with Gasteiger partial charge in [0, 0.05) is 23.2 Å². The van der Waals surface area contributed by atoms with E-state index in [-0.39, 0.29) is 0 Å². The van der Waals surface area contributed by atoms with Gasteiger partial charge in [-0.25, -0.2) is 0 Å². The molecule has 1 saturated heterocycles. The van der Waals surface area contributed by atoms with E-state index in [1.807, 2.05) is 0 Å². The zero-order valence-corrected chi connectivity index (χ0v) is 8.66. The first-order valence-electron chi connectivity index (χ1n) is 4.60. The molecule has 0 atom stereocenters. The third-order valence-corrected chi connectivity index (χ3v) is 3.44. The van der Waals surface area contributed by atoms with E-state index >= 15 is 0 Å². The summed E-state index contributed by atoms with van der Waals surface area (Å²) >= 11 is 1.62. The molecule has 2 rings (SSSR count). The lowest BCUT2D eigenvalue weighted by atomic mass is 10.2. The fraction of sp³-hybridized carbons (Fsp3) is 0.400. The quantitative estimate of drug-likeness (QED) is 0.843. The molecular formula is C10H10F3NS. The van der Waals surface area contributed by atoms with Crippen LogP contribution in [0, 0.1) is 0 Å². The molecule has 1 aromatic carbocycles. The summed E-state index contributed by atoms with van der Waals surface area (Å²) in [5.74, 6) is 0. The largest absolute Gasteiger partial charge is 0.416 e. The molecule has 82 valence electrons. The van der Waals surface area contributed by atoms with Crippen molar-refractivity contribution in [3.05, 3.63) is 29.8 Å². The fourth-order valence-electron chi connectivity index (χ4n) is 1.26. The van der Waals surface area contributed by atoms with E-state index in [9.17, 15) is 13.2 Å². The van der Waals surface area contributed by atoms with Crippen molar-refractivity contribution < 1.29 is 13.2 Å². The summed E-state index contributed by atoms with van der Waals surface area (Å²) in [6, 6.07) is 5.33. The highest BCUT2D eigenvalue weighted by molar-refractivity contribution is 8.00. The predicted octanol–water partition coefficient (Wildman–Crippen LogP) is 2.77. The van der Waals surface area contributed by atoms with Crippen LogP contribution in [0.5, 0.6) is 0 Å². The van der Waals surface area contributed by atoms with Crippen LogP contribution in [0.4, 0.5) is 13.2 Å². The second-order valence-corrected chi connectivity index (χ2v) is 4.79. The van der Waals surface area contributed by atoms with Gasteiger partial charge < -0.3 is 5.32 Å². The van der Waals surface area contributed by atoms with E-state index in [4.69, 9.17) is 0 Å². The van der Waals surface area contributed by atoms with Gasteiger partial charge in [0.05, 0.1) is 5.56 Å². The summed E-state index contributed by atoms with van der Waals surface area (Å²) < 4.78 is 36.7. The van der Waals surface area contributed by atoms with Crippen molar-refractivity contribution in [1.29, 1.82) is 0 Å². The second-order valence-electron chi connectivity index (χ2n) is 3.42. The number of alkyl halides is 3. The lowest BCUT2D eigenvalue weighted by Crippen LogP contribution is -2.44. The molecule has 1 aromatic rings. The van der Waals surface area contributed by atoms with Crippen LogP contribution in [0.2, 0.25) is 0 Å². The van der Waals surface area contributed by atoms with Crippen molar-refractivity contribution in [2.75, 3.05) is 13.1 Å². The fourth-order valence-corrected chi connectivity index (χ4v) is 2.34. The summed E-state index contributed by atoms with van der Waals surface area (Å²) in [6.45, 7) is 1.87. The minimum atomic E-state index is -4.23. The Morgan fingerprint density at radius 2 is 1.73 bits per heavy atom. The Morgan fingerprint density at radius 1 is 1.13 bits per heavy atom. The molecule has 0 radical (unpaired) electrons. The van der Waals surface area contributed by atoms with Gasteiger partial charge >= 0.3 is 6.18 Å². The Labute approximate surface area is 90.1 Å². The number of nitrogens with one attached hydrogen (secondary N) is 1. The van der Waals surface area contributed by atoms with Crippen LogP contribution in [0.1, 0.15) is 5.56 Å². The summed E-state index contributed by atoms with van der Waals surface area (Å²) in [5.41, 5.74) is -0.585. The number of thioether (sulfide) groups is 1. The molecule has 1 N–H and O–H groups in total. The molecule has 1 aliphatic heterocycles. The first-order valence-corrected chi connectivity index (χ1v) is 5.48. The zero-order chi connectivity index (χ0) is 10.9. The molecule has 0 unspecified atom stereocenters. The predicted molar refractivity (Wildman–Crippen MR) is 54.0 cm³/mol. The summed E-state index contributed by atoms with van der Waals surface area (Å²) in [4.78, 5) is 0.898. The van der Waals surface area contributed by atoms with E-state index in [1.165, 1.54) is 12.1 Å². The third-order valence-electron chi connectivity index (χ3n) is 2.23. The number of hydrogen-bond donors (Lipinski definition) is 1. The third kappa shape index (κ3) is 2.66. The van der Waals surface area contributed by atoms with Crippen molar-refractivity contribution >= 4 is 11.8 Å².